The number of sulfonamides is 1. The lowest BCUT2D eigenvalue weighted by Crippen LogP contribution is -2.15. The number of rotatable bonds is 7. The Bertz CT molecular complexity index is 1330. The Morgan fingerprint density at radius 1 is 0.969 bits per heavy atom. The molecule has 0 saturated heterocycles. The highest BCUT2D eigenvalue weighted by atomic mass is 32.2. The Hall–Kier alpha value is -3.72. The summed E-state index contributed by atoms with van der Waals surface area (Å²) in [4.78, 5) is 4.26. The molecule has 2 aromatic carbocycles. The van der Waals surface area contributed by atoms with Crippen molar-refractivity contribution in [2.45, 2.75) is 26.5 Å². The van der Waals surface area contributed by atoms with Gasteiger partial charge in [-0.1, -0.05) is 29.8 Å². The molecular weight excluding hydrogens is 426 g/mol. The fourth-order valence-corrected chi connectivity index (χ4v) is 4.36. The van der Waals surface area contributed by atoms with Crippen molar-refractivity contribution >= 4 is 15.7 Å². The molecule has 4 aromatic rings. The second-order valence-corrected chi connectivity index (χ2v) is 9.21. The third-order valence-corrected chi connectivity index (χ3v) is 6.17. The smallest absolute Gasteiger partial charge is 0.238 e. The quantitative estimate of drug-likeness (QED) is 0.451. The number of aryl methyl sites for hydroxylation is 2. The fraction of sp³-hybridized carbons (Fsp3) is 0.174. The first-order valence-electron chi connectivity index (χ1n) is 9.98. The lowest BCUT2D eigenvalue weighted by Gasteiger charge is -2.10. The number of nitrogens with zero attached hydrogens (tertiary/aromatic N) is 4. The molecule has 0 aliphatic rings. The molecule has 0 amide bonds. The second-order valence-electron chi connectivity index (χ2n) is 7.49. The molecule has 4 rings (SSSR count). The molecule has 0 radical (unpaired) electrons. The van der Waals surface area contributed by atoms with Crippen LogP contribution in [0.5, 0.6) is 11.6 Å². The van der Waals surface area contributed by atoms with Gasteiger partial charge in [0.15, 0.2) is 5.82 Å². The van der Waals surface area contributed by atoms with Crippen LogP contribution < -0.4 is 9.46 Å². The van der Waals surface area contributed by atoms with Gasteiger partial charge in [-0.2, -0.15) is 0 Å². The number of hydrogen-bond donors (Lipinski definition) is 1. The Morgan fingerprint density at radius 3 is 2.38 bits per heavy atom. The van der Waals surface area contributed by atoms with Crippen molar-refractivity contribution < 1.29 is 13.2 Å². The summed E-state index contributed by atoms with van der Waals surface area (Å²) < 4.78 is 35.1. The van der Waals surface area contributed by atoms with Crippen molar-refractivity contribution in [3.05, 3.63) is 89.5 Å². The predicted molar refractivity (Wildman–Crippen MR) is 123 cm³/mol. The highest BCUT2D eigenvalue weighted by Gasteiger charge is 2.12. The average molecular weight is 450 g/mol. The molecule has 2 aromatic heterocycles. The maximum atomic E-state index is 12.5. The molecule has 9 heteroatoms. The van der Waals surface area contributed by atoms with Gasteiger partial charge in [0.2, 0.25) is 15.9 Å². The van der Waals surface area contributed by atoms with Crippen molar-refractivity contribution in [3.63, 3.8) is 0 Å². The first kappa shape index (κ1) is 21.5. The zero-order chi connectivity index (χ0) is 22.7. The number of anilines is 1. The van der Waals surface area contributed by atoms with E-state index in [1.807, 2.05) is 43.5 Å². The predicted octanol–water partition coefficient (Wildman–Crippen LogP) is 4.32. The van der Waals surface area contributed by atoms with Crippen molar-refractivity contribution in [1.82, 2.24) is 19.7 Å². The first-order chi connectivity index (χ1) is 15.3. The summed E-state index contributed by atoms with van der Waals surface area (Å²) in [5, 5.41) is 8.29. The highest BCUT2D eigenvalue weighted by molar-refractivity contribution is 7.91. The lowest BCUT2D eigenvalue weighted by atomic mass is 10.2. The lowest BCUT2D eigenvalue weighted by molar-refractivity contribution is 0.454. The maximum absolute atomic E-state index is 12.5. The van der Waals surface area contributed by atoms with E-state index in [1.54, 1.807) is 48.8 Å². The molecule has 0 spiro atoms. The van der Waals surface area contributed by atoms with Gasteiger partial charge in [0.05, 0.1) is 11.4 Å². The van der Waals surface area contributed by atoms with Crippen LogP contribution in [0.4, 0.5) is 5.69 Å². The Balaban J connectivity index is 1.40. The number of nitrogens with one attached hydrogen (secondary N) is 1. The largest absolute Gasteiger partial charge is 0.438 e. The minimum atomic E-state index is -3.53. The normalized spacial score (nSPS) is 11.3. The molecule has 0 atom stereocenters. The standard InChI is InChI=1S/C23H23N5O3S/c1-16-5-4-6-19(13-16)14-32(29,30)27-20-7-9-21(10-8-20)31-23-12-11-22(25-26-23)28-15-24-17(2)18(28)3/h4-13,15,27H,14H2,1-3H3. The number of hydrogen-bond acceptors (Lipinski definition) is 6. The number of imidazole rings is 1. The number of benzene rings is 2. The van der Waals surface area contributed by atoms with Crippen LogP contribution in [0.2, 0.25) is 0 Å². The van der Waals surface area contributed by atoms with Crippen molar-refractivity contribution in [2.24, 2.45) is 0 Å². The topological polar surface area (TPSA) is 99.0 Å². The minimum Gasteiger partial charge on any atom is -0.438 e. The van der Waals surface area contributed by atoms with E-state index in [4.69, 9.17) is 4.74 Å². The first-order valence-corrected chi connectivity index (χ1v) is 11.6. The average Bonchev–Trinajstić information content (AvgIpc) is 3.08. The third kappa shape index (κ3) is 5.12. The van der Waals surface area contributed by atoms with Crippen molar-refractivity contribution in [1.29, 1.82) is 0 Å². The van der Waals surface area contributed by atoms with Crippen LogP contribution >= 0.6 is 0 Å². The van der Waals surface area contributed by atoms with Crippen LogP contribution in [0.15, 0.2) is 67.0 Å². The molecule has 0 bridgehead atoms. The fourth-order valence-electron chi connectivity index (χ4n) is 3.17. The molecule has 2 heterocycles. The van der Waals surface area contributed by atoms with E-state index in [1.165, 1.54) is 0 Å². The Morgan fingerprint density at radius 2 is 1.75 bits per heavy atom. The van der Waals surface area contributed by atoms with Crippen molar-refractivity contribution in [3.8, 4) is 17.4 Å². The maximum Gasteiger partial charge on any atom is 0.238 e. The van der Waals surface area contributed by atoms with Gasteiger partial charge in [-0.15, -0.1) is 10.2 Å². The summed E-state index contributed by atoms with van der Waals surface area (Å²) in [6.07, 6.45) is 1.70. The summed E-state index contributed by atoms with van der Waals surface area (Å²) in [6.45, 7) is 5.83. The molecule has 0 saturated carbocycles. The molecule has 8 nitrogen and oxygen atoms in total. The van der Waals surface area contributed by atoms with Crippen LogP contribution in [0.25, 0.3) is 5.82 Å². The van der Waals surface area contributed by atoms with Gasteiger partial charge >= 0.3 is 0 Å². The van der Waals surface area contributed by atoms with E-state index in [2.05, 4.69) is 19.9 Å². The van der Waals surface area contributed by atoms with E-state index in [-0.39, 0.29) is 5.75 Å². The van der Waals surface area contributed by atoms with Gasteiger partial charge < -0.3 is 4.74 Å². The van der Waals surface area contributed by atoms with Gasteiger partial charge in [0.1, 0.15) is 12.1 Å². The van der Waals surface area contributed by atoms with Crippen LogP contribution in [-0.4, -0.2) is 28.2 Å². The van der Waals surface area contributed by atoms with Crippen molar-refractivity contribution in [2.75, 3.05) is 4.72 Å². The van der Waals surface area contributed by atoms with E-state index in [0.29, 0.717) is 23.1 Å². The molecule has 32 heavy (non-hydrogen) atoms. The summed E-state index contributed by atoms with van der Waals surface area (Å²) in [7, 11) is -3.53. The van der Waals surface area contributed by atoms with E-state index in [9.17, 15) is 8.42 Å². The van der Waals surface area contributed by atoms with Gasteiger partial charge in [-0.05, 0) is 56.7 Å². The molecule has 0 aliphatic heterocycles. The van der Waals surface area contributed by atoms with Crippen LogP contribution in [-0.2, 0) is 15.8 Å². The Kier molecular flexibility index (Phi) is 5.91. The molecule has 0 fully saturated rings. The Labute approximate surface area is 187 Å². The SMILES string of the molecule is Cc1cccc(CS(=O)(=O)Nc2ccc(Oc3ccc(-n4cnc(C)c4C)nn3)cc2)c1. The van der Waals surface area contributed by atoms with Gasteiger partial charge in [0, 0.05) is 17.4 Å². The molecule has 1 N–H and O–H groups in total. The molecule has 0 aliphatic carbocycles. The monoisotopic (exact) mass is 449 g/mol. The zero-order valence-electron chi connectivity index (χ0n) is 18.0. The molecule has 164 valence electrons. The van der Waals surface area contributed by atoms with E-state index >= 15 is 0 Å². The highest BCUT2D eigenvalue weighted by Crippen LogP contribution is 2.23. The summed E-state index contributed by atoms with van der Waals surface area (Å²) in [5.41, 5.74) is 4.14. The zero-order valence-corrected chi connectivity index (χ0v) is 18.8. The van der Waals surface area contributed by atoms with Crippen LogP contribution in [0.1, 0.15) is 22.5 Å². The molecular formula is C23H23N5O3S. The summed E-state index contributed by atoms with van der Waals surface area (Å²) in [5.74, 6) is 1.40. The second kappa shape index (κ2) is 8.80. The van der Waals surface area contributed by atoms with Gasteiger partial charge in [-0.3, -0.25) is 9.29 Å². The number of ether oxygens (including phenoxy) is 1. The molecule has 0 unspecified atom stereocenters. The number of aromatic nitrogens is 4. The van der Waals surface area contributed by atoms with Crippen LogP contribution in [0.3, 0.4) is 0 Å². The van der Waals surface area contributed by atoms with Gasteiger partial charge in [0.25, 0.3) is 0 Å². The van der Waals surface area contributed by atoms with Crippen LogP contribution in [0, 0.1) is 20.8 Å². The van der Waals surface area contributed by atoms with E-state index < -0.39 is 10.0 Å². The van der Waals surface area contributed by atoms with E-state index in [0.717, 1.165) is 22.5 Å². The third-order valence-electron chi connectivity index (χ3n) is 4.91. The summed E-state index contributed by atoms with van der Waals surface area (Å²) >= 11 is 0. The van der Waals surface area contributed by atoms with Gasteiger partial charge in [-0.25, -0.2) is 13.4 Å². The minimum absolute atomic E-state index is 0.0925. The summed E-state index contributed by atoms with van der Waals surface area (Å²) in [6, 6.07) is 17.6.